The molecule has 0 saturated heterocycles. The van der Waals surface area contributed by atoms with E-state index in [-0.39, 0.29) is 0 Å². The molecule has 0 aromatic carbocycles. The lowest BCUT2D eigenvalue weighted by molar-refractivity contribution is 1.08. The predicted molar refractivity (Wildman–Crippen MR) is 41.9 cm³/mol. The van der Waals surface area contributed by atoms with E-state index < -0.39 is 0 Å². The van der Waals surface area contributed by atoms with E-state index in [4.69, 9.17) is 5.73 Å². The van der Waals surface area contributed by atoms with E-state index in [9.17, 15) is 0 Å². The van der Waals surface area contributed by atoms with E-state index in [0.717, 1.165) is 11.4 Å². The molecule has 2 rings (SSSR count). The van der Waals surface area contributed by atoms with E-state index >= 15 is 0 Å². The second-order valence-electron chi connectivity index (χ2n) is 2.00. The summed E-state index contributed by atoms with van der Waals surface area (Å²) in [6, 6.07) is 1.72. The van der Waals surface area contributed by atoms with E-state index in [0.29, 0.717) is 5.82 Å². The molecule has 0 aliphatic carbocycles. The van der Waals surface area contributed by atoms with Crippen molar-refractivity contribution < 1.29 is 0 Å². The molecule has 6 heteroatoms. The van der Waals surface area contributed by atoms with Gasteiger partial charge in [0.2, 0.25) is 0 Å². The molecule has 2 aromatic rings. The molecule has 0 fully saturated rings. The molecule has 0 spiro atoms. The van der Waals surface area contributed by atoms with Gasteiger partial charge in [0.15, 0.2) is 0 Å². The van der Waals surface area contributed by atoms with Gasteiger partial charge in [0.25, 0.3) is 0 Å². The second-order valence-corrected chi connectivity index (χ2v) is 2.61. The largest absolute Gasteiger partial charge is 0.382 e. The Morgan fingerprint density at radius 1 is 1.55 bits per heavy atom. The van der Waals surface area contributed by atoms with E-state index in [1.54, 1.807) is 6.07 Å². The molecular weight excluding hydrogens is 162 g/mol. The van der Waals surface area contributed by atoms with Gasteiger partial charge in [0.1, 0.15) is 11.5 Å². The Labute approximate surface area is 66.4 Å². The van der Waals surface area contributed by atoms with Crippen LogP contribution in [-0.4, -0.2) is 19.8 Å². The van der Waals surface area contributed by atoms with Crippen LogP contribution in [0.1, 0.15) is 0 Å². The van der Waals surface area contributed by atoms with Crippen molar-refractivity contribution in [2.24, 2.45) is 0 Å². The van der Waals surface area contributed by atoms with E-state index in [1.807, 2.05) is 5.38 Å². The summed E-state index contributed by atoms with van der Waals surface area (Å²) in [7, 11) is 0. The lowest BCUT2D eigenvalue weighted by Crippen LogP contribution is -1.81. The molecule has 56 valence electrons. The maximum absolute atomic E-state index is 5.40. The average molecular weight is 167 g/mol. The number of aromatic nitrogens is 4. The molecule has 0 atom stereocenters. The monoisotopic (exact) mass is 167 g/mol. The Morgan fingerprint density at radius 2 is 2.45 bits per heavy atom. The highest BCUT2D eigenvalue weighted by Gasteiger charge is 2.02. The van der Waals surface area contributed by atoms with Gasteiger partial charge in [-0.05, 0) is 11.5 Å². The van der Waals surface area contributed by atoms with Gasteiger partial charge in [-0.25, -0.2) is 0 Å². The van der Waals surface area contributed by atoms with Gasteiger partial charge in [-0.3, -0.25) is 5.10 Å². The summed E-state index contributed by atoms with van der Waals surface area (Å²) in [5.41, 5.74) is 6.98. The zero-order valence-electron chi connectivity index (χ0n) is 5.48. The van der Waals surface area contributed by atoms with Crippen molar-refractivity contribution in [1.82, 2.24) is 19.8 Å². The molecule has 11 heavy (non-hydrogen) atoms. The lowest BCUT2D eigenvalue weighted by atomic mass is 10.3. The fraction of sp³-hybridized carbons (Fsp3) is 0. The number of hydrogen-bond donors (Lipinski definition) is 2. The predicted octanol–water partition coefficient (Wildman–Crippen LogP) is 0.510. The van der Waals surface area contributed by atoms with Crippen molar-refractivity contribution in [3.8, 4) is 11.4 Å². The fourth-order valence-corrected chi connectivity index (χ4v) is 1.21. The molecule has 2 aromatic heterocycles. The van der Waals surface area contributed by atoms with Crippen LogP contribution in [0.4, 0.5) is 5.82 Å². The molecule has 2 heterocycles. The maximum atomic E-state index is 5.40. The molecule has 0 saturated carbocycles. The summed E-state index contributed by atoms with van der Waals surface area (Å²) in [4.78, 5) is 0. The first-order valence-corrected chi connectivity index (χ1v) is 3.78. The second kappa shape index (κ2) is 2.31. The van der Waals surface area contributed by atoms with Crippen LogP contribution in [0, 0.1) is 0 Å². The van der Waals surface area contributed by atoms with Gasteiger partial charge in [-0.2, -0.15) is 5.10 Å². The van der Waals surface area contributed by atoms with E-state index in [2.05, 4.69) is 19.8 Å². The highest BCUT2D eigenvalue weighted by atomic mass is 32.1. The number of nitrogens with one attached hydrogen (secondary N) is 1. The Morgan fingerprint density at radius 3 is 3.00 bits per heavy atom. The molecule has 0 unspecified atom stereocenters. The zero-order chi connectivity index (χ0) is 7.68. The Balaban J connectivity index is 2.45. The van der Waals surface area contributed by atoms with Crippen LogP contribution in [0.3, 0.4) is 0 Å². The third-order valence-corrected chi connectivity index (χ3v) is 1.74. The quantitative estimate of drug-likeness (QED) is 0.648. The number of rotatable bonds is 1. The molecule has 0 amide bonds. The van der Waals surface area contributed by atoms with Crippen LogP contribution in [0.5, 0.6) is 0 Å². The van der Waals surface area contributed by atoms with Gasteiger partial charge in [-0.15, -0.1) is 5.10 Å². The summed E-state index contributed by atoms with van der Waals surface area (Å²) in [6.45, 7) is 0. The van der Waals surface area contributed by atoms with Gasteiger partial charge >= 0.3 is 0 Å². The van der Waals surface area contributed by atoms with E-state index in [1.165, 1.54) is 11.5 Å². The minimum Gasteiger partial charge on any atom is -0.382 e. The number of nitrogens with two attached hydrogens (primary N) is 1. The minimum atomic E-state index is 0.466. The highest BCUT2D eigenvalue weighted by Crippen LogP contribution is 2.15. The van der Waals surface area contributed by atoms with Crippen molar-refractivity contribution in [2.45, 2.75) is 0 Å². The first-order chi connectivity index (χ1) is 5.36. The van der Waals surface area contributed by atoms with Gasteiger partial charge in [-0.1, -0.05) is 4.49 Å². The molecule has 0 radical (unpaired) electrons. The minimum absolute atomic E-state index is 0.466. The highest BCUT2D eigenvalue weighted by molar-refractivity contribution is 7.03. The number of nitrogen functional groups attached to an aromatic ring is 1. The summed E-state index contributed by atoms with van der Waals surface area (Å²) >= 11 is 1.29. The standard InChI is InChI=1S/C5H5N5S/c6-5-1-3(7-9-5)4-2-11-10-8-4/h1-2H,(H3,6,7,9). The zero-order valence-corrected chi connectivity index (χ0v) is 6.30. The smallest absolute Gasteiger partial charge is 0.145 e. The lowest BCUT2D eigenvalue weighted by Gasteiger charge is -1.82. The van der Waals surface area contributed by atoms with Crippen LogP contribution in [0.25, 0.3) is 11.4 Å². The summed E-state index contributed by atoms with van der Waals surface area (Å²) < 4.78 is 3.71. The molecule has 0 aliphatic rings. The molecular formula is C5H5N5S. The first kappa shape index (κ1) is 6.29. The maximum Gasteiger partial charge on any atom is 0.145 e. The molecule has 0 aliphatic heterocycles. The topological polar surface area (TPSA) is 80.5 Å². The molecule has 0 bridgehead atoms. The van der Waals surface area contributed by atoms with Crippen LogP contribution >= 0.6 is 11.5 Å². The molecule has 5 nitrogen and oxygen atoms in total. The fourth-order valence-electron chi connectivity index (χ4n) is 0.750. The Hall–Kier alpha value is -1.43. The average Bonchev–Trinajstić information content (AvgIpc) is 2.55. The normalized spacial score (nSPS) is 10.2. The van der Waals surface area contributed by atoms with Crippen LogP contribution in [0.15, 0.2) is 11.4 Å². The Bertz CT molecular complexity index is 337. The van der Waals surface area contributed by atoms with Crippen molar-refractivity contribution >= 4 is 17.4 Å². The summed E-state index contributed by atoms with van der Waals surface area (Å²) in [6.07, 6.45) is 0. The number of H-pyrrole nitrogens is 1. The van der Waals surface area contributed by atoms with Crippen molar-refractivity contribution in [3.05, 3.63) is 11.4 Å². The molecule has 3 N–H and O–H groups in total. The number of anilines is 1. The summed E-state index contributed by atoms with van der Waals surface area (Å²) in [5, 5.41) is 12.2. The number of hydrogen-bond acceptors (Lipinski definition) is 5. The summed E-state index contributed by atoms with van der Waals surface area (Å²) in [5.74, 6) is 0.466. The number of nitrogens with zero attached hydrogens (tertiary/aromatic N) is 3. The van der Waals surface area contributed by atoms with Crippen molar-refractivity contribution in [3.63, 3.8) is 0 Å². The van der Waals surface area contributed by atoms with Crippen molar-refractivity contribution in [2.75, 3.05) is 5.73 Å². The number of aromatic amines is 1. The SMILES string of the molecule is Nc1cc(-c2csnn2)[nH]n1. The third kappa shape index (κ3) is 1.07. The van der Waals surface area contributed by atoms with Gasteiger partial charge in [0, 0.05) is 11.4 Å². The van der Waals surface area contributed by atoms with Gasteiger partial charge in [0.05, 0.1) is 5.69 Å². The van der Waals surface area contributed by atoms with Crippen LogP contribution < -0.4 is 5.73 Å². The van der Waals surface area contributed by atoms with Crippen LogP contribution in [-0.2, 0) is 0 Å². The van der Waals surface area contributed by atoms with Crippen LogP contribution in [0.2, 0.25) is 0 Å². The van der Waals surface area contributed by atoms with Crippen molar-refractivity contribution in [1.29, 1.82) is 0 Å². The third-order valence-electron chi connectivity index (χ3n) is 1.23. The first-order valence-electron chi connectivity index (χ1n) is 2.94. The Kier molecular flexibility index (Phi) is 1.32. The van der Waals surface area contributed by atoms with Gasteiger partial charge < -0.3 is 5.73 Å².